The van der Waals surface area contributed by atoms with Crippen molar-refractivity contribution >= 4 is 38.7 Å². The third-order valence-corrected chi connectivity index (χ3v) is 8.65. The molecule has 0 spiro atoms. The molecule has 2 aromatic carbocycles. The van der Waals surface area contributed by atoms with Gasteiger partial charge in [0.25, 0.3) is 0 Å². The molecule has 1 saturated heterocycles. The number of aromatic nitrogens is 2. The summed E-state index contributed by atoms with van der Waals surface area (Å²) < 4.78 is 27.0. The highest BCUT2D eigenvalue weighted by Crippen LogP contribution is 2.23. The van der Waals surface area contributed by atoms with E-state index in [9.17, 15) is 13.2 Å². The van der Waals surface area contributed by atoms with Gasteiger partial charge in [0.15, 0.2) is 0 Å². The van der Waals surface area contributed by atoms with Crippen LogP contribution in [0.4, 0.5) is 0 Å². The van der Waals surface area contributed by atoms with Gasteiger partial charge in [-0.2, -0.15) is 4.31 Å². The Hall–Kier alpha value is -2.49. The van der Waals surface area contributed by atoms with Crippen molar-refractivity contribution in [1.82, 2.24) is 19.2 Å². The Bertz CT molecular complexity index is 1210. The minimum absolute atomic E-state index is 0.0261. The van der Waals surface area contributed by atoms with Crippen LogP contribution in [0.5, 0.6) is 0 Å². The molecule has 0 bridgehead atoms. The lowest BCUT2D eigenvalue weighted by molar-refractivity contribution is -0.131. The van der Waals surface area contributed by atoms with Gasteiger partial charge in [0.1, 0.15) is 0 Å². The number of aryl methyl sites for hydroxylation is 1. The molecule has 1 fully saturated rings. The molecule has 4 rings (SSSR count). The first-order valence-electron chi connectivity index (χ1n) is 10.5. The Morgan fingerprint density at radius 3 is 2.22 bits per heavy atom. The molecule has 0 N–H and O–H groups in total. The quantitative estimate of drug-likeness (QED) is 0.551. The van der Waals surface area contributed by atoms with E-state index in [4.69, 9.17) is 4.98 Å². The Labute approximate surface area is 192 Å². The van der Waals surface area contributed by atoms with E-state index < -0.39 is 10.0 Å². The molecule has 32 heavy (non-hydrogen) atoms. The van der Waals surface area contributed by atoms with Crippen molar-refractivity contribution in [2.75, 3.05) is 26.2 Å². The van der Waals surface area contributed by atoms with Crippen molar-refractivity contribution in [3.05, 3.63) is 66.0 Å². The first-order valence-corrected chi connectivity index (χ1v) is 13.0. The normalized spacial score (nSPS) is 16.2. The highest BCUT2D eigenvalue weighted by atomic mass is 32.2. The van der Waals surface area contributed by atoms with Gasteiger partial charge in [-0.25, -0.2) is 18.4 Å². The van der Waals surface area contributed by atoms with E-state index in [2.05, 4.69) is 4.98 Å². The number of nitrogens with zero attached hydrogens (tertiary/aromatic N) is 4. The van der Waals surface area contributed by atoms with Crippen LogP contribution >= 0.6 is 11.8 Å². The van der Waals surface area contributed by atoms with Gasteiger partial charge < -0.3 is 4.90 Å². The van der Waals surface area contributed by atoms with Crippen LogP contribution in [-0.4, -0.2) is 64.9 Å². The number of hydrogen-bond donors (Lipinski definition) is 0. The standard InChI is InChI=1S/C23H26N4O3S2/c1-17-22(25-21-11-7-6-10-20(21)24-17)16-31-18(2)23(28)26-12-14-27(15-13-26)32(29,30)19-8-4-3-5-9-19/h3-11,18H,12-16H2,1-2H3. The second kappa shape index (κ2) is 9.56. The number of carbonyl (C=O) groups excluding carboxylic acids is 1. The van der Waals surface area contributed by atoms with Crippen molar-refractivity contribution < 1.29 is 13.2 Å². The lowest BCUT2D eigenvalue weighted by atomic mass is 10.2. The van der Waals surface area contributed by atoms with Gasteiger partial charge in [0, 0.05) is 31.9 Å². The summed E-state index contributed by atoms with van der Waals surface area (Å²) in [6.07, 6.45) is 0. The molecule has 0 radical (unpaired) electrons. The minimum Gasteiger partial charge on any atom is -0.339 e. The summed E-state index contributed by atoms with van der Waals surface area (Å²) in [7, 11) is -3.53. The average Bonchev–Trinajstić information content (AvgIpc) is 2.82. The maximum atomic E-state index is 12.9. The number of hydrogen-bond acceptors (Lipinski definition) is 6. The number of benzene rings is 2. The van der Waals surface area contributed by atoms with Gasteiger partial charge >= 0.3 is 0 Å². The summed E-state index contributed by atoms with van der Waals surface area (Å²) in [6.45, 7) is 5.22. The summed E-state index contributed by atoms with van der Waals surface area (Å²) in [5, 5.41) is -0.250. The molecule has 1 aliphatic heterocycles. The van der Waals surface area contributed by atoms with Gasteiger partial charge in [-0.3, -0.25) is 4.79 Å². The summed E-state index contributed by atoms with van der Waals surface area (Å²) in [6, 6.07) is 16.2. The maximum Gasteiger partial charge on any atom is 0.243 e. The fourth-order valence-electron chi connectivity index (χ4n) is 3.68. The van der Waals surface area contributed by atoms with E-state index >= 15 is 0 Å². The summed E-state index contributed by atoms with van der Waals surface area (Å²) in [5.74, 6) is 0.622. The molecule has 7 nitrogen and oxygen atoms in total. The molecule has 1 unspecified atom stereocenters. The zero-order valence-corrected chi connectivity index (χ0v) is 19.8. The van der Waals surface area contributed by atoms with E-state index in [1.165, 1.54) is 16.1 Å². The molecule has 1 aromatic heterocycles. The van der Waals surface area contributed by atoms with E-state index in [1.807, 2.05) is 38.1 Å². The predicted octanol–water partition coefficient (Wildman–Crippen LogP) is 3.09. The van der Waals surface area contributed by atoms with Crippen LogP contribution in [0.1, 0.15) is 18.3 Å². The second-order valence-electron chi connectivity index (χ2n) is 7.74. The monoisotopic (exact) mass is 470 g/mol. The van der Waals surface area contributed by atoms with E-state index in [0.29, 0.717) is 31.9 Å². The number of carbonyl (C=O) groups is 1. The molecule has 0 saturated carbocycles. The van der Waals surface area contributed by atoms with E-state index in [1.54, 1.807) is 35.2 Å². The average molecular weight is 471 g/mol. The van der Waals surface area contributed by atoms with Crippen molar-refractivity contribution in [2.45, 2.75) is 29.7 Å². The Balaban J connectivity index is 1.34. The van der Waals surface area contributed by atoms with Gasteiger partial charge in [-0.1, -0.05) is 30.3 Å². The topological polar surface area (TPSA) is 83.5 Å². The summed E-state index contributed by atoms with van der Waals surface area (Å²) in [4.78, 5) is 24.3. The second-order valence-corrected chi connectivity index (χ2v) is 11.0. The summed E-state index contributed by atoms with van der Waals surface area (Å²) >= 11 is 1.53. The molecular weight excluding hydrogens is 444 g/mol. The van der Waals surface area contributed by atoms with Crippen LogP contribution in [0, 0.1) is 6.92 Å². The molecule has 0 aliphatic carbocycles. The summed E-state index contributed by atoms with van der Waals surface area (Å²) in [5.41, 5.74) is 3.47. The fraction of sp³-hybridized carbons (Fsp3) is 0.348. The zero-order valence-electron chi connectivity index (χ0n) is 18.1. The third-order valence-electron chi connectivity index (χ3n) is 5.59. The van der Waals surface area contributed by atoms with Crippen molar-refractivity contribution in [2.24, 2.45) is 0 Å². The van der Waals surface area contributed by atoms with Crippen LogP contribution in [0.25, 0.3) is 11.0 Å². The van der Waals surface area contributed by atoms with Crippen LogP contribution in [-0.2, 0) is 20.6 Å². The van der Waals surface area contributed by atoms with Gasteiger partial charge in [-0.15, -0.1) is 11.8 Å². The number of piperazine rings is 1. The molecular formula is C23H26N4O3S2. The maximum absolute atomic E-state index is 12.9. The van der Waals surface area contributed by atoms with E-state index in [0.717, 1.165) is 22.4 Å². The fourth-order valence-corrected chi connectivity index (χ4v) is 6.10. The lowest BCUT2D eigenvalue weighted by Crippen LogP contribution is -2.52. The first kappa shape index (κ1) is 22.7. The molecule has 168 valence electrons. The van der Waals surface area contributed by atoms with Crippen molar-refractivity contribution in [3.8, 4) is 0 Å². The van der Waals surface area contributed by atoms with E-state index in [-0.39, 0.29) is 16.1 Å². The highest BCUT2D eigenvalue weighted by molar-refractivity contribution is 7.99. The number of sulfonamides is 1. The van der Waals surface area contributed by atoms with Crippen molar-refractivity contribution in [3.63, 3.8) is 0 Å². The number of fused-ring (bicyclic) bond motifs is 1. The molecule has 1 amide bonds. The predicted molar refractivity (Wildman–Crippen MR) is 127 cm³/mol. The Morgan fingerprint density at radius 2 is 1.56 bits per heavy atom. The Morgan fingerprint density at radius 1 is 0.969 bits per heavy atom. The first-order chi connectivity index (χ1) is 15.4. The van der Waals surface area contributed by atoms with Crippen LogP contribution < -0.4 is 0 Å². The van der Waals surface area contributed by atoms with Gasteiger partial charge in [0.2, 0.25) is 15.9 Å². The zero-order chi connectivity index (χ0) is 22.7. The molecule has 1 aliphatic rings. The van der Waals surface area contributed by atoms with Gasteiger partial charge in [-0.05, 0) is 38.1 Å². The highest BCUT2D eigenvalue weighted by Gasteiger charge is 2.31. The molecule has 2 heterocycles. The number of amides is 1. The molecule has 1 atom stereocenters. The third kappa shape index (κ3) is 4.79. The van der Waals surface area contributed by atoms with Crippen molar-refractivity contribution in [1.29, 1.82) is 0 Å². The van der Waals surface area contributed by atoms with Crippen LogP contribution in [0.15, 0.2) is 59.5 Å². The number of rotatable bonds is 6. The van der Waals surface area contributed by atoms with Crippen LogP contribution in [0.2, 0.25) is 0 Å². The number of thioether (sulfide) groups is 1. The smallest absolute Gasteiger partial charge is 0.243 e. The van der Waals surface area contributed by atoms with Gasteiger partial charge in [0.05, 0.1) is 32.6 Å². The van der Waals surface area contributed by atoms with Crippen LogP contribution in [0.3, 0.4) is 0 Å². The largest absolute Gasteiger partial charge is 0.339 e. The lowest BCUT2D eigenvalue weighted by Gasteiger charge is -2.35. The molecule has 9 heteroatoms. The minimum atomic E-state index is -3.53. The Kier molecular flexibility index (Phi) is 6.78. The molecule has 3 aromatic rings. The number of para-hydroxylation sites is 2. The SMILES string of the molecule is Cc1nc2ccccc2nc1CSC(C)C(=O)N1CCN(S(=O)(=O)c2ccccc2)CC1.